The van der Waals surface area contributed by atoms with E-state index in [2.05, 4.69) is 0 Å². The van der Waals surface area contributed by atoms with Crippen LogP contribution in [0.1, 0.15) is 31.2 Å². The Bertz CT molecular complexity index is 453. The van der Waals surface area contributed by atoms with Gasteiger partial charge < -0.3 is 4.74 Å². The summed E-state index contributed by atoms with van der Waals surface area (Å²) in [5.41, 5.74) is -0.0129. The molecule has 1 aromatic rings. The van der Waals surface area contributed by atoms with Crippen LogP contribution in [0.2, 0.25) is 5.02 Å². The number of hydrogen-bond donors (Lipinski definition) is 0. The number of benzene rings is 1. The number of halogens is 2. The van der Waals surface area contributed by atoms with Gasteiger partial charge in [0.05, 0.1) is 5.02 Å². The van der Waals surface area contributed by atoms with Crippen molar-refractivity contribution in [3.05, 3.63) is 34.6 Å². The molecule has 4 heteroatoms. The largest absolute Gasteiger partial charge is 0.370 e. The van der Waals surface area contributed by atoms with Crippen molar-refractivity contribution in [2.75, 3.05) is 7.11 Å². The predicted molar refractivity (Wildman–Crippen MR) is 68.3 cm³/mol. The second kappa shape index (κ2) is 5.37. The van der Waals surface area contributed by atoms with Crippen LogP contribution >= 0.6 is 11.6 Å². The monoisotopic (exact) mass is 270 g/mol. The van der Waals surface area contributed by atoms with E-state index in [1.54, 1.807) is 13.2 Å². The van der Waals surface area contributed by atoms with Crippen molar-refractivity contribution in [1.29, 1.82) is 0 Å². The lowest BCUT2D eigenvalue weighted by molar-refractivity contribution is -0.139. The van der Waals surface area contributed by atoms with Crippen molar-refractivity contribution in [2.24, 2.45) is 0 Å². The predicted octanol–water partition coefficient (Wildman–Crippen LogP) is 3.55. The molecule has 2 nitrogen and oxygen atoms in total. The minimum Gasteiger partial charge on any atom is -0.370 e. The summed E-state index contributed by atoms with van der Waals surface area (Å²) in [6.07, 6.45) is 3.74. The van der Waals surface area contributed by atoms with Crippen LogP contribution in [0.5, 0.6) is 0 Å². The number of carbonyl (C=O) groups excluding carboxylic acids is 1. The van der Waals surface area contributed by atoms with E-state index in [9.17, 15) is 9.18 Å². The van der Waals surface area contributed by atoms with Gasteiger partial charge in [-0.1, -0.05) is 17.7 Å². The molecule has 0 heterocycles. The second-order valence-corrected chi connectivity index (χ2v) is 5.16. The molecule has 0 amide bonds. The molecule has 0 radical (unpaired) electrons. The Hall–Kier alpha value is -0.930. The molecule has 98 valence electrons. The number of ether oxygens (including phenoxy) is 1. The number of ketones is 1. The first kappa shape index (κ1) is 13.5. The Labute approximate surface area is 111 Å². The van der Waals surface area contributed by atoms with Crippen LogP contribution in [0.25, 0.3) is 0 Å². The molecule has 1 fully saturated rings. The van der Waals surface area contributed by atoms with Crippen molar-refractivity contribution in [3.63, 3.8) is 0 Å². The van der Waals surface area contributed by atoms with Crippen LogP contribution in [0, 0.1) is 5.82 Å². The zero-order valence-electron chi connectivity index (χ0n) is 10.3. The minimum absolute atomic E-state index is 0.0317. The highest BCUT2D eigenvalue weighted by molar-refractivity contribution is 6.30. The Morgan fingerprint density at radius 1 is 1.44 bits per heavy atom. The minimum atomic E-state index is -0.657. The maximum atomic E-state index is 13.3. The standard InChI is InChI=1S/C14H16ClFO2/c1-18-14(6-2-3-7-14)13(17)9-10-4-5-11(15)12(16)8-10/h4-5,8H,2-3,6-7,9H2,1H3. The fourth-order valence-corrected chi connectivity index (χ4v) is 2.66. The molecule has 2 rings (SSSR count). The average Bonchev–Trinajstić information content (AvgIpc) is 2.84. The highest BCUT2D eigenvalue weighted by Crippen LogP contribution is 2.34. The second-order valence-electron chi connectivity index (χ2n) is 4.75. The zero-order chi connectivity index (χ0) is 13.2. The maximum Gasteiger partial charge on any atom is 0.168 e. The maximum absolute atomic E-state index is 13.3. The molecular weight excluding hydrogens is 255 g/mol. The van der Waals surface area contributed by atoms with Gasteiger partial charge in [0.2, 0.25) is 0 Å². The summed E-state index contributed by atoms with van der Waals surface area (Å²) in [6, 6.07) is 4.48. The van der Waals surface area contributed by atoms with Gasteiger partial charge >= 0.3 is 0 Å². The van der Waals surface area contributed by atoms with E-state index < -0.39 is 11.4 Å². The van der Waals surface area contributed by atoms with Gasteiger partial charge in [0, 0.05) is 13.5 Å². The molecule has 0 bridgehead atoms. The first-order valence-electron chi connectivity index (χ1n) is 6.10. The topological polar surface area (TPSA) is 26.3 Å². The van der Waals surface area contributed by atoms with Crippen LogP contribution in [0.15, 0.2) is 18.2 Å². The molecule has 1 aromatic carbocycles. The summed E-state index contributed by atoms with van der Waals surface area (Å²) in [4.78, 5) is 12.3. The normalized spacial score (nSPS) is 17.9. The van der Waals surface area contributed by atoms with Crippen molar-refractivity contribution in [3.8, 4) is 0 Å². The summed E-state index contributed by atoms with van der Waals surface area (Å²) in [5, 5.41) is 0.0773. The van der Waals surface area contributed by atoms with Gasteiger partial charge in [-0.15, -0.1) is 0 Å². The van der Waals surface area contributed by atoms with E-state index in [-0.39, 0.29) is 17.2 Å². The van der Waals surface area contributed by atoms with Gasteiger partial charge in [0.1, 0.15) is 11.4 Å². The van der Waals surface area contributed by atoms with Crippen molar-refractivity contribution in [2.45, 2.75) is 37.7 Å². The van der Waals surface area contributed by atoms with Gasteiger partial charge in [-0.2, -0.15) is 0 Å². The number of methoxy groups -OCH3 is 1. The third kappa shape index (κ3) is 2.57. The quantitative estimate of drug-likeness (QED) is 0.836. The van der Waals surface area contributed by atoms with Crippen molar-refractivity contribution in [1.82, 2.24) is 0 Å². The van der Waals surface area contributed by atoms with Gasteiger partial charge in [-0.3, -0.25) is 4.79 Å². The molecule has 0 atom stereocenters. The lowest BCUT2D eigenvalue weighted by Crippen LogP contribution is -2.38. The van der Waals surface area contributed by atoms with Crippen LogP contribution in [-0.2, 0) is 16.0 Å². The van der Waals surface area contributed by atoms with Gasteiger partial charge in [0.25, 0.3) is 0 Å². The van der Waals surface area contributed by atoms with Gasteiger partial charge in [-0.05, 0) is 43.4 Å². The van der Waals surface area contributed by atoms with Crippen LogP contribution < -0.4 is 0 Å². The molecule has 0 saturated heterocycles. The Kier molecular flexibility index (Phi) is 4.03. The van der Waals surface area contributed by atoms with Crippen LogP contribution in [0.4, 0.5) is 4.39 Å². The molecular formula is C14H16ClFO2. The van der Waals surface area contributed by atoms with E-state index in [0.29, 0.717) is 5.56 Å². The lowest BCUT2D eigenvalue weighted by atomic mass is 9.91. The lowest BCUT2D eigenvalue weighted by Gasteiger charge is -2.25. The molecule has 1 saturated carbocycles. The molecule has 1 aliphatic rings. The molecule has 0 spiro atoms. The third-order valence-corrected chi connectivity index (χ3v) is 3.97. The molecule has 18 heavy (non-hydrogen) atoms. The Balaban J connectivity index is 2.13. The van der Waals surface area contributed by atoms with E-state index >= 15 is 0 Å². The summed E-state index contributed by atoms with van der Waals surface area (Å²) in [7, 11) is 1.58. The molecule has 0 unspecified atom stereocenters. The molecule has 0 aliphatic heterocycles. The average molecular weight is 271 g/mol. The van der Waals surface area contributed by atoms with Crippen LogP contribution in [-0.4, -0.2) is 18.5 Å². The Morgan fingerprint density at radius 3 is 2.67 bits per heavy atom. The number of Topliss-reactive ketones (excluding diaryl/α,β-unsaturated/α-hetero) is 1. The third-order valence-electron chi connectivity index (χ3n) is 3.66. The zero-order valence-corrected chi connectivity index (χ0v) is 11.1. The van der Waals surface area contributed by atoms with E-state index in [1.807, 2.05) is 0 Å². The first-order chi connectivity index (χ1) is 8.57. The van der Waals surface area contributed by atoms with Gasteiger partial charge in [0.15, 0.2) is 5.78 Å². The summed E-state index contributed by atoms with van der Waals surface area (Å²) in [5.74, 6) is -0.455. The number of hydrogen-bond acceptors (Lipinski definition) is 2. The van der Waals surface area contributed by atoms with E-state index in [4.69, 9.17) is 16.3 Å². The highest BCUT2D eigenvalue weighted by atomic mass is 35.5. The van der Waals surface area contributed by atoms with E-state index in [0.717, 1.165) is 25.7 Å². The number of rotatable bonds is 4. The Morgan fingerprint density at radius 2 is 2.11 bits per heavy atom. The summed E-state index contributed by atoms with van der Waals surface area (Å²) in [6.45, 7) is 0. The summed E-state index contributed by atoms with van der Waals surface area (Å²) >= 11 is 5.61. The van der Waals surface area contributed by atoms with Crippen molar-refractivity contribution < 1.29 is 13.9 Å². The highest BCUT2D eigenvalue weighted by Gasteiger charge is 2.40. The molecule has 1 aliphatic carbocycles. The fraction of sp³-hybridized carbons (Fsp3) is 0.500. The van der Waals surface area contributed by atoms with E-state index in [1.165, 1.54) is 12.1 Å². The van der Waals surface area contributed by atoms with Gasteiger partial charge in [-0.25, -0.2) is 4.39 Å². The van der Waals surface area contributed by atoms with Crippen molar-refractivity contribution >= 4 is 17.4 Å². The molecule has 0 N–H and O–H groups in total. The SMILES string of the molecule is COC1(C(=O)Cc2ccc(Cl)c(F)c2)CCCC1. The first-order valence-corrected chi connectivity index (χ1v) is 6.47. The van der Waals surface area contributed by atoms with Crippen LogP contribution in [0.3, 0.4) is 0 Å². The summed E-state index contributed by atoms with van der Waals surface area (Å²) < 4.78 is 18.7. The fourth-order valence-electron chi connectivity index (χ4n) is 2.54. The molecule has 0 aromatic heterocycles. The number of carbonyl (C=O) groups is 1. The smallest absolute Gasteiger partial charge is 0.168 e.